The summed E-state index contributed by atoms with van der Waals surface area (Å²) in [5, 5.41) is 9.44. The first-order chi connectivity index (χ1) is 9.08. The maximum absolute atomic E-state index is 13.5. The van der Waals surface area contributed by atoms with Gasteiger partial charge in [0.15, 0.2) is 0 Å². The number of aliphatic hydroxyl groups excluding tert-OH is 1. The minimum Gasteiger partial charge on any atom is -0.393 e. The third kappa shape index (κ3) is 3.53. The number of hydrogen-bond donors (Lipinski definition) is 1. The van der Waals surface area contributed by atoms with Gasteiger partial charge in [0, 0.05) is 25.1 Å². The van der Waals surface area contributed by atoms with Crippen LogP contribution in [0.5, 0.6) is 0 Å². The predicted molar refractivity (Wildman–Crippen MR) is 70.8 cm³/mol. The normalized spacial score (nSPS) is 23.1. The number of nitrogens with zero attached hydrogens (tertiary/aromatic N) is 1. The van der Waals surface area contributed by atoms with Crippen LogP contribution in [0, 0.1) is 11.7 Å². The molecule has 1 aliphatic rings. The number of benzene rings is 1. The Morgan fingerprint density at radius 3 is 2.58 bits per heavy atom. The van der Waals surface area contributed by atoms with E-state index in [9.17, 15) is 14.3 Å². The molecule has 0 aliphatic heterocycles. The number of rotatable bonds is 3. The molecule has 1 saturated carbocycles. The maximum atomic E-state index is 13.5. The highest BCUT2D eigenvalue weighted by Gasteiger charge is 2.27. The quantitative estimate of drug-likeness (QED) is 0.911. The van der Waals surface area contributed by atoms with E-state index in [1.54, 1.807) is 30.1 Å². The van der Waals surface area contributed by atoms with Gasteiger partial charge in [0.25, 0.3) is 0 Å². The molecule has 104 valence electrons. The van der Waals surface area contributed by atoms with Gasteiger partial charge in [-0.25, -0.2) is 4.39 Å². The summed E-state index contributed by atoms with van der Waals surface area (Å²) in [7, 11) is 1.71. The zero-order valence-electron chi connectivity index (χ0n) is 11.2. The summed E-state index contributed by atoms with van der Waals surface area (Å²) >= 11 is 0. The smallest absolute Gasteiger partial charge is 0.225 e. The fraction of sp³-hybridized carbons (Fsp3) is 0.533. The summed E-state index contributed by atoms with van der Waals surface area (Å²) in [5.74, 6) is -0.253. The lowest BCUT2D eigenvalue weighted by Gasteiger charge is -2.28. The van der Waals surface area contributed by atoms with Crippen LogP contribution in [-0.4, -0.2) is 29.1 Å². The molecule has 0 aromatic heterocycles. The van der Waals surface area contributed by atoms with Crippen molar-refractivity contribution in [2.45, 2.75) is 38.3 Å². The van der Waals surface area contributed by atoms with Crippen molar-refractivity contribution in [1.82, 2.24) is 4.90 Å². The number of hydrogen-bond acceptors (Lipinski definition) is 2. The average molecular weight is 265 g/mol. The molecule has 19 heavy (non-hydrogen) atoms. The molecule has 0 unspecified atom stereocenters. The maximum Gasteiger partial charge on any atom is 0.225 e. The molecule has 1 aliphatic carbocycles. The van der Waals surface area contributed by atoms with Crippen LogP contribution in [-0.2, 0) is 11.3 Å². The lowest BCUT2D eigenvalue weighted by molar-refractivity contribution is -0.136. The Balaban J connectivity index is 1.94. The molecule has 2 rings (SSSR count). The van der Waals surface area contributed by atoms with Gasteiger partial charge in [-0.1, -0.05) is 18.2 Å². The van der Waals surface area contributed by atoms with Crippen LogP contribution in [0.3, 0.4) is 0 Å². The van der Waals surface area contributed by atoms with Crippen molar-refractivity contribution < 1.29 is 14.3 Å². The molecule has 1 N–H and O–H groups in total. The lowest BCUT2D eigenvalue weighted by Crippen LogP contribution is -2.35. The van der Waals surface area contributed by atoms with E-state index in [0.717, 1.165) is 12.8 Å². The largest absolute Gasteiger partial charge is 0.393 e. The molecule has 0 bridgehead atoms. The Morgan fingerprint density at radius 1 is 1.32 bits per heavy atom. The number of carbonyl (C=O) groups is 1. The fourth-order valence-electron chi connectivity index (χ4n) is 2.59. The minimum absolute atomic E-state index is 0.0276. The molecule has 1 aromatic rings. The van der Waals surface area contributed by atoms with Crippen LogP contribution >= 0.6 is 0 Å². The van der Waals surface area contributed by atoms with E-state index in [1.165, 1.54) is 6.07 Å². The van der Waals surface area contributed by atoms with E-state index in [2.05, 4.69) is 0 Å². The molecule has 0 atom stereocenters. The Bertz CT molecular complexity index is 442. The van der Waals surface area contributed by atoms with E-state index >= 15 is 0 Å². The van der Waals surface area contributed by atoms with Gasteiger partial charge >= 0.3 is 0 Å². The minimum atomic E-state index is -0.277. The zero-order chi connectivity index (χ0) is 13.8. The second-order valence-electron chi connectivity index (χ2n) is 5.29. The second-order valence-corrected chi connectivity index (χ2v) is 5.29. The van der Waals surface area contributed by atoms with E-state index < -0.39 is 0 Å². The van der Waals surface area contributed by atoms with Gasteiger partial charge < -0.3 is 10.0 Å². The molecule has 0 heterocycles. The first-order valence-corrected chi connectivity index (χ1v) is 6.74. The van der Waals surface area contributed by atoms with Crippen LogP contribution in [0.25, 0.3) is 0 Å². The SMILES string of the molecule is CN(Cc1ccccc1F)C(=O)C1CCC(O)CC1. The van der Waals surface area contributed by atoms with E-state index in [-0.39, 0.29) is 23.7 Å². The van der Waals surface area contributed by atoms with E-state index in [4.69, 9.17) is 0 Å². The van der Waals surface area contributed by atoms with Gasteiger partial charge in [0.05, 0.1) is 6.10 Å². The second kappa shape index (κ2) is 6.15. The summed E-state index contributed by atoms with van der Waals surface area (Å²) in [6.45, 7) is 0.296. The van der Waals surface area contributed by atoms with E-state index in [1.807, 2.05) is 0 Å². The lowest BCUT2D eigenvalue weighted by atomic mass is 9.86. The topological polar surface area (TPSA) is 40.5 Å². The summed E-state index contributed by atoms with van der Waals surface area (Å²) in [5.41, 5.74) is 0.536. The van der Waals surface area contributed by atoms with Crippen molar-refractivity contribution in [3.8, 4) is 0 Å². The first-order valence-electron chi connectivity index (χ1n) is 6.74. The van der Waals surface area contributed by atoms with Gasteiger partial charge in [0.2, 0.25) is 5.91 Å². The number of carbonyl (C=O) groups excluding carboxylic acids is 1. The van der Waals surface area contributed by atoms with Crippen molar-refractivity contribution in [3.05, 3.63) is 35.6 Å². The molecule has 0 saturated heterocycles. The highest BCUT2D eigenvalue weighted by Crippen LogP contribution is 2.26. The first kappa shape index (κ1) is 14.0. The van der Waals surface area contributed by atoms with Crippen molar-refractivity contribution in [2.24, 2.45) is 5.92 Å². The predicted octanol–water partition coefficient (Wildman–Crippen LogP) is 2.34. The van der Waals surface area contributed by atoms with Crippen molar-refractivity contribution in [3.63, 3.8) is 0 Å². The standard InChI is InChI=1S/C15H20FNO2/c1-17(10-12-4-2-3-5-14(12)16)15(19)11-6-8-13(18)9-7-11/h2-5,11,13,18H,6-10H2,1H3. The fourth-order valence-corrected chi connectivity index (χ4v) is 2.59. The van der Waals surface area contributed by atoms with Crippen LogP contribution in [0.2, 0.25) is 0 Å². The Kier molecular flexibility index (Phi) is 4.53. The van der Waals surface area contributed by atoms with Gasteiger partial charge in [-0.05, 0) is 31.7 Å². The van der Waals surface area contributed by atoms with Crippen LogP contribution < -0.4 is 0 Å². The zero-order valence-corrected chi connectivity index (χ0v) is 11.2. The molecule has 1 amide bonds. The Morgan fingerprint density at radius 2 is 1.95 bits per heavy atom. The van der Waals surface area contributed by atoms with Gasteiger partial charge in [-0.15, -0.1) is 0 Å². The summed E-state index contributed by atoms with van der Waals surface area (Å²) < 4.78 is 13.5. The van der Waals surface area contributed by atoms with E-state index in [0.29, 0.717) is 24.9 Å². The third-order valence-corrected chi connectivity index (χ3v) is 3.79. The average Bonchev–Trinajstić information content (AvgIpc) is 2.41. The Labute approximate surface area is 113 Å². The van der Waals surface area contributed by atoms with Gasteiger partial charge in [0.1, 0.15) is 5.82 Å². The van der Waals surface area contributed by atoms with Crippen LogP contribution in [0.4, 0.5) is 4.39 Å². The molecule has 4 heteroatoms. The van der Waals surface area contributed by atoms with Crippen molar-refractivity contribution in [1.29, 1.82) is 0 Å². The molecule has 3 nitrogen and oxygen atoms in total. The molecular formula is C15H20FNO2. The van der Waals surface area contributed by atoms with Crippen molar-refractivity contribution in [2.75, 3.05) is 7.05 Å². The summed E-state index contributed by atoms with van der Waals surface area (Å²) in [6, 6.07) is 6.52. The molecule has 1 aromatic carbocycles. The third-order valence-electron chi connectivity index (χ3n) is 3.79. The number of amides is 1. The number of halogens is 1. The summed E-state index contributed by atoms with van der Waals surface area (Å²) in [6.07, 6.45) is 2.55. The van der Waals surface area contributed by atoms with Crippen LogP contribution in [0.15, 0.2) is 24.3 Å². The molecular weight excluding hydrogens is 245 g/mol. The van der Waals surface area contributed by atoms with Gasteiger partial charge in [-0.2, -0.15) is 0 Å². The molecule has 0 spiro atoms. The molecule has 0 radical (unpaired) electrons. The molecule has 1 fully saturated rings. The van der Waals surface area contributed by atoms with Gasteiger partial charge in [-0.3, -0.25) is 4.79 Å². The highest BCUT2D eigenvalue weighted by atomic mass is 19.1. The van der Waals surface area contributed by atoms with Crippen LogP contribution in [0.1, 0.15) is 31.2 Å². The summed E-state index contributed by atoms with van der Waals surface area (Å²) in [4.78, 5) is 13.8. The Hall–Kier alpha value is -1.42. The number of aliphatic hydroxyl groups is 1. The van der Waals surface area contributed by atoms with Crippen molar-refractivity contribution >= 4 is 5.91 Å². The monoisotopic (exact) mass is 265 g/mol. The highest BCUT2D eigenvalue weighted by molar-refractivity contribution is 5.78.